The third kappa shape index (κ3) is 3.18. The molecular formula is C15H11F3N6O. The number of hydrogen-bond acceptors (Lipinski definition) is 6. The van der Waals surface area contributed by atoms with Crippen LogP contribution in [-0.4, -0.2) is 31.6 Å². The highest BCUT2D eigenvalue weighted by Crippen LogP contribution is 2.29. The van der Waals surface area contributed by atoms with Crippen molar-refractivity contribution < 1.29 is 17.7 Å². The monoisotopic (exact) mass is 348 g/mol. The quantitative estimate of drug-likeness (QED) is 0.533. The van der Waals surface area contributed by atoms with Crippen LogP contribution in [0.1, 0.15) is 18.6 Å². The van der Waals surface area contributed by atoms with Crippen LogP contribution >= 0.6 is 0 Å². The number of nitrogens with zero attached hydrogens (tertiary/aromatic N) is 6. The number of allylic oxidation sites excluding steroid dienone is 3. The second kappa shape index (κ2) is 6.30. The van der Waals surface area contributed by atoms with Gasteiger partial charge in [-0.3, -0.25) is 0 Å². The van der Waals surface area contributed by atoms with Crippen molar-refractivity contribution in [3.05, 3.63) is 48.4 Å². The van der Waals surface area contributed by atoms with Gasteiger partial charge in [0.15, 0.2) is 11.5 Å². The highest BCUT2D eigenvalue weighted by Gasteiger charge is 2.38. The maximum atomic E-state index is 12.6. The number of alkyl halides is 3. The van der Waals surface area contributed by atoms with Gasteiger partial charge in [0.25, 0.3) is 0 Å². The lowest BCUT2D eigenvalue weighted by molar-refractivity contribution is -0.159. The second-order valence-electron chi connectivity index (χ2n) is 4.80. The van der Waals surface area contributed by atoms with Crippen LogP contribution in [0, 0.1) is 0 Å². The molecule has 3 aromatic rings. The molecule has 0 amide bonds. The molecule has 0 aliphatic carbocycles. The average molecular weight is 348 g/mol. The van der Waals surface area contributed by atoms with Gasteiger partial charge in [-0.25, -0.2) is 9.98 Å². The summed E-state index contributed by atoms with van der Waals surface area (Å²) in [5.41, 5.74) is 0.793. The summed E-state index contributed by atoms with van der Waals surface area (Å²) in [4.78, 5) is 11.4. The topological polar surface area (TPSA) is 82.0 Å². The van der Waals surface area contributed by atoms with Crippen LogP contribution in [0.2, 0.25) is 0 Å². The van der Waals surface area contributed by atoms with Crippen LogP contribution in [0.5, 0.6) is 0 Å². The molecule has 0 N–H and O–H groups in total. The second-order valence-corrected chi connectivity index (χ2v) is 4.80. The molecular weight excluding hydrogens is 337 g/mol. The van der Waals surface area contributed by atoms with E-state index in [0.717, 1.165) is 5.39 Å². The minimum absolute atomic E-state index is 0.222. The molecule has 0 aliphatic rings. The molecule has 0 fully saturated rings. The molecule has 10 heteroatoms. The third-order valence-corrected chi connectivity index (χ3v) is 3.23. The molecule has 0 aliphatic heterocycles. The lowest BCUT2D eigenvalue weighted by Crippen LogP contribution is -2.05. The van der Waals surface area contributed by atoms with Crippen LogP contribution < -0.4 is 0 Å². The van der Waals surface area contributed by atoms with E-state index in [2.05, 4.69) is 36.5 Å². The van der Waals surface area contributed by atoms with Gasteiger partial charge in [0.05, 0.1) is 6.20 Å². The molecule has 25 heavy (non-hydrogen) atoms. The van der Waals surface area contributed by atoms with Gasteiger partial charge in [-0.15, -0.1) is 0 Å². The van der Waals surface area contributed by atoms with Gasteiger partial charge in [0.1, 0.15) is 0 Å². The summed E-state index contributed by atoms with van der Waals surface area (Å²) in [6.45, 7) is 5.09. The molecule has 0 atom stereocenters. The fourth-order valence-corrected chi connectivity index (χ4v) is 2.08. The summed E-state index contributed by atoms with van der Waals surface area (Å²) in [6, 6.07) is 3.58. The summed E-state index contributed by atoms with van der Waals surface area (Å²) in [7, 11) is 0. The molecule has 128 valence electrons. The minimum Gasteiger partial charge on any atom is -0.329 e. The zero-order chi connectivity index (χ0) is 18.0. The Balaban J connectivity index is 2.03. The lowest BCUT2D eigenvalue weighted by atomic mass is 10.2. The largest absolute Gasteiger partial charge is 0.471 e. The number of aromatic nitrogens is 5. The molecule has 0 saturated carbocycles. The van der Waals surface area contributed by atoms with Gasteiger partial charge in [-0.1, -0.05) is 11.2 Å². The van der Waals surface area contributed by atoms with Crippen molar-refractivity contribution in [3.63, 3.8) is 0 Å². The van der Waals surface area contributed by atoms with Gasteiger partial charge < -0.3 is 4.52 Å². The number of rotatable bonds is 4. The highest BCUT2D eigenvalue weighted by atomic mass is 19.4. The van der Waals surface area contributed by atoms with Crippen molar-refractivity contribution in [2.75, 3.05) is 0 Å². The van der Waals surface area contributed by atoms with Crippen LogP contribution in [0.15, 0.2) is 46.2 Å². The first-order valence-corrected chi connectivity index (χ1v) is 6.99. The normalized spacial score (nSPS) is 13.4. The Morgan fingerprint density at radius 3 is 2.84 bits per heavy atom. The summed E-state index contributed by atoms with van der Waals surface area (Å²) >= 11 is 0. The Morgan fingerprint density at radius 1 is 1.40 bits per heavy atom. The average Bonchev–Trinajstić information content (AvgIpc) is 3.23. The molecule has 0 saturated heterocycles. The number of fused-ring (bicyclic) bond motifs is 1. The Morgan fingerprint density at radius 2 is 2.20 bits per heavy atom. The smallest absolute Gasteiger partial charge is 0.329 e. The Labute approximate surface area is 139 Å². The van der Waals surface area contributed by atoms with Crippen molar-refractivity contribution in [1.82, 2.24) is 24.9 Å². The molecule has 0 aromatic carbocycles. The molecule has 3 aromatic heterocycles. The van der Waals surface area contributed by atoms with Crippen LogP contribution in [0.3, 0.4) is 0 Å². The maximum Gasteiger partial charge on any atom is 0.471 e. The third-order valence-electron chi connectivity index (χ3n) is 3.23. The van der Waals surface area contributed by atoms with E-state index in [0.29, 0.717) is 5.65 Å². The summed E-state index contributed by atoms with van der Waals surface area (Å²) in [5.74, 6) is -1.39. The van der Waals surface area contributed by atoms with Crippen molar-refractivity contribution in [3.8, 4) is 0 Å². The van der Waals surface area contributed by atoms with E-state index >= 15 is 0 Å². The lowest BCUT2D eigenvalue weighted by Gasteiger charge is -2.03. The minimum atomic E-state index is -4.71. The van der Waals surface area contributed by atoms with E-state index in [4.69, 9.17) is 0 Å². The van der Waals surface area contributed by atoms with E-state index < -0.39 is 12.1 Å². The molecule has 0 unspecified atom stereocenters. The van der Waals surface area contributed by atoms with Gasteiger partial charge in [-0.05, 0) is 31.9 Å². The first-order chi connectivity index (χ1) is 11.9. The summed E-state index contributed by atoms with van der Waals surface area (Å²) < 4.78 is 43.5. The van der Waals surface area contributed by atoms with Crippen LogP contribution in [-0.2, 0) is 6.18 Å². The van der Waals surface area contributed by atoms with E-state index in [1.165, 1.54) is 16.8 Å². The van der Waals surface area contributed by atoms with Crippen molar-refractivity contribution in [1.29, 1.82) is 0 Å². The first-order valence-electron chi connectivity index (χ1n) is 6.99. The molecule has 3 heterocycles. The van der Waals surface area contributed by atoms with Gasteiger partial charge in [-0.2, -0.15) is 27.9 Å². The molecule has 7 nitrogen and oxygen atoms in total. The molecule has 3 rings (SSSR count). The SMILES string of the molecule is C=N/C(=C\C(=C/C)c1noc(C(F)(F)F)n1)n1ncc2cccnc21. The van der Waals surface area contributed by atoms with Crippen LogP contribution in [0.25, 0.3) is 22.4 Å². The van der Waals surface area contributed by atoms with Crippen molar-refractivity contribution >= 4 is 29.1 Å². The molecule has 0 spiro atoms. The zero-order valence-corrected chi connectivity index (χ0v) is 12.9. The predicted molar refractivity (Wildman–Crippen MR) is 84.3 cm³/mol. The summed E-state index contributed by atoms with van der Waals surface area (Å²) in [6.07, 6.45) is 1.43. The van der Waals surface area contributed by atoms with Gasteiger partial charge in [0.2, 0.25) is 5.82 Å². The van der Waals surface area contributed by atoms with E-state index in [-0.39, 0.29) is 17.2 Å². The Kier molecular flexibility index (Phi) is 4.17. The van der Waals surface area contributed by atoms with Crippen molar-refractivity contribution in [2.45, 2.75) is 13.1 Å². The fraction of sp³-hybridized carbons (Fsp3) is 0.133. The first kappa shape index (κ1) is 16.6. The maximum absolute atomic E-state index is 12.6. The molecule has 0 radical (unpaired) electrons. The zero-order valence-electron chi connectivity index (χ0n) is 12.9. The molecule has 0 bridgehead atoms. The number of pyridine rings is 1. The van der Waals surface area contributed by atoms with Gasteiger partial charge in [0, 0.05) is 17.2 Å². The summed E-state index contributed by atoms with van der Waals surface area (Å²) in [5, 5.41) is 8.31. The van der Waals surface area contributed by atoms with E-state index in [9.17, 15) is 13.2 Å². The van der Waals surface area contributed by atoms with Crippen LogP contribution in [0.4, 0.5) is 13.2 Å². The van der Waals surface area contributed by atoms with Crippen molar-refractivity contribution in [2.24, 2.45) is 4.99 Å². The van der Waals surface area contributed by atoms with Gasteiger partial charge >= 0.3 is 12.1 Å². The van der Waals surface area contributed by atoms with E-state index in [1.54, 1.807) is 25.4 Å². The highest BCUT2D eigenvalue weighted by molar-refractivity contribution is 5.82. The number of halogens is 3. The number of hydrogen-bond donors (Lipinski definition) is 0. The number of aliphatic imine (C=N–C) groups is 1. The fourth-order valence-electron chi connectivity index (χ4n) is 2.08. The van der Waals surface area contributed by atoms with E-state index in [1.807, 2.05) is 6.07 Å². The Hall–Kier alpha value is -3.30. The Bertz CT molecular complexity index is 982. The standard InChI is InChI=1S/C15H11F3N6O/c1-3-9(12-22-14(25-23-12)15(16,17)18)7-11(19-2)24-13-10(8-21-24)5-4-6-20-13/h3-8H,2H2,1H3/b9-3+,11-7+. The predicted octanol–water partition coefficient (Wildman–Crippen LogP) is 3.44.